The lowest BCUT2D eigenvalue weighted by molar-refractivity contribution is 0.569. The van der Waals surface area contributed by atoms with E-state index >= 15 is 0 Å². The molecule has 0 fully saturated rings. The fourth-order valence-electron chi connectivity index (χ4n) is 20.1. The monoisotopic (exact) mass is 1620 g/mol. The maximum Gasteiger partial charge on any atom is 0.252 e. The number of nitrogens with zero attached hydrogens (tertiary/aromatic N) is 5. The first kappa shape index (κ1) is 81.5. The molecule has 0 amide bonds. The molecule has 0 radical (unpaired) electrons. The van der Waals surface area contributed by atoms with Gasteiger partial charge in [-0.15, -0.1) is 0 Å². The summed E-state index contributed by atoms with van der Waals surface area (Å²) in [4.78, 5) is 5.31. The minimum atomic E-state index is -0.348. The molecule has 5 nitrogen and oxygen atoms in total. The number of nitriles is 1. The summed E-state index contributed by atoms with van der Waals surface area (Å²) < 4.78 is 4.95. The Labute approximate surface area is 737 Å². The first-order valence-corrected chi connectivity index (χ1v) is 45.0. The molecule has 19 rings (SSSR count). The van der Waals surface area contributed by atoms with Gasteiger partial charge in [-0.1, -0.05) is 342 Å². The number of rotatable bonds is 8. The van der Waals surface area contributed by atoms with Gasteiger partial charge in [0.2, 0.25) is 0 Å². The quantitative estimate of drug-likeness (QED) is 0.142. The summed E-state index contributed by atoms with van der Waals surface area (Å²) in [6.45, 7) is 55.7. The van der Waals surface area contributed by atoms with Crippen LogP contribution in [0.25, 0.3) is 99.5 Å². The second-order valence-electron chi connectivity index (χ2n) is 44.2. The Morgan fingerprint density at radius 3 is 1.15 bits per heavy atom. The van der Waals surface area contributed by atoms with Gasteiger partial charge in [0, 0.05) is 67.0 Å². The molecular weight excluding hydrogens is 1500 g/mol. The van der Waals surface area contributed by atoms with Crippen LogP contribution in [0.5, 0.6) is 0 Å². The van der Waals surface area contributed by atoms with Gasteiger partial charge in [-0.05, 0) is 251 Å². The molecule has 1 aliphatic carbocycles. The van der Waals surface area contributed by atoms with Crippen LogP contribution >= 0.6 is 0 Å². The second-order valence-corrected chi connectivity index (χ2v) is 44.2. The van der Waals surface area contributed by atoms with Crippen LogP contribution in [0.3, 0.4) is 0 Å². The Bertz CT molecular complexity index is 6910. The molecule has 618 valence electrons. The predicted molar refractivity (Wildman–Crippen MR) is 533 cm³/mol. The highest BCUT2D eigenvalue weighted by atomic mass is 15.2. The Hall–Kier alpha value is -12.2. The van der Waals surface area contributed by atoms with Gasteiger partial charge in [0.25, 0.3) is 6.71 Å². The lowest BCUT2D eigenvalue weighted by Crippen LogP contribution is -2.61. The van der Waals surface area contributed by atoms with Crippen molar-refractivity contribution >= 4 is 101 Å². The standard InChI is InChI=1S/C118H118BN5/c1-111(2,3)76-43-49-86-90(62-76)91-63-77(112(4,5)6)44-50-87(91)108(86)75-59-106-109-107(60-75)124(110-88(71-34-27-25-28-35-71)67-83(118(22,23)24)68-89(110)72-36-29-26-30-37-72)105-69-84(121-98-39-32-31-38-85(98)92-64-78(113(7,8)9)45-53-101(92)121)48-52-97(105)119(109)96-51-42-73(74-56-81(116(16,17)18)61-82(57-74)117(19,20)21)58-104(96)123(106)100-41-33-40-99(95(100)70-120)122-102-54-46-79(114(10,11)12)65-93(102)94-66-80(115(13,14)15)47-55-103(94)122/h25-69,108H,1-24H3. The van der Waals surface area contributed by atoms with Gasteiger partial charge in [0.05, 0.1) is 39.1 Å². The van der Waals surface area contributed by atoms with Crippen LogP contribution in [0.4, 0.5) is 34.1 Å². The molecule has 0 bridgehead atoms. The first-order chi connectivity index (χ1) is 58.5. The number of anilines is 6. The molecule has 0 atom stereocenters. The summed E-state index contributed by atoms with van der Waals surface area (Å²) in [5.74, 6) is -0.232. The van der Waals surface area contributed by atoms with E-state index in [-0.39, 0.29) is 56.0 Å². The van der Waals surface area contributed by atoms with E-state index in [2.05, 4.69) is 464 Å². The molecule has 124 heavy (non-hydrogen) atoms. The van der Waals surface area contributed by atoms with Crippen LogP contribution in [-0.4, -0.2) is 15.8 Å². The minimum Gasteiger partial charge on any atom is -0.310 e. The Kier molecular flexibility index (Phi) is 18.7. The van der Waals surface area contributed by atoms with Gasteiger partial charge < -0.3 is 18.9 Å². The summed E-state index contributed by atoms with van der Waals surface area (Å²) in [5, 5.41) is 17.8. The van der Waals surface area contributed by atoms with E-state index in [1.165, 1.54) is 99.2 Å². The molecule has 16 aromatic rings. The predicted octanol–water partition coefficient (Wildman–Crippen LogP) is 30.4. The molecule has 0 saturated carbocycles. The fraction of sp³-hybridized carbons (Fsp3) is 0.280. The Morgan fingerprint density at radius 1 is 0.266 bits per heavy atom. The Balaban J connectivity index is 1.01. The van der Waals surface area contributed by atoms with Crippen molar-refractivity contribution < 1.29 is 0 Å². The van der Waals surface area contributed by atoms with Crippen molar-refractivity contribution in [3.05, 3.63) is 340 Å². The van der Waals surface area contributed by atoms with Crippen LogP contribution < -0.4 is 26.2 Å². The maximum atomic E-state index is 13.0. The van der Waals surface area contributed by atoms with Gasteiger partial charge in [-0.25, -0.2) is 0 Å². The van der Waals surface area contributed by atoms with E-state index in [1.54, 1.807) is 0 Å². The zero-order valence-electron chi connectivity index (χ0n) is 77.4. The molecule has 0 unspecified atom stereocenters. The fourth-order valence-corrected chi connectivity index (χ4v) is 20.1. The van der Waals surface area contributed by atoms with Crippen molar-refractivity contribution in [3.63, 3.8) is 0 Å². The number of benzene rings is 14. The lowest BCUT2D eigenvalue weighted by atomic mass is 9.33. The molecule has 6 heteroatoms. The average Bonchev–Trinajstić information content (AvgIpc) is 0.770. The van der Waals surface area contributed by atoms with Crippen LogP contribution in [-0.2, 0) is 43.3 Å². The van der Waals surface area contributed by atoms with Gasteiger partial charge in [-0.3, -0.25) is 0 Å². The highest BCUT2D eigenvalue weighted by Gasteiger charge is 2.48. The largest absolute Gasteiger partial charge is 0.310 e. The minimum absolute atomic E-state index is 0.0744. The molecule has 0 saturated heterocycles. The van der Waals surface area contributed by atoms with E-state index in [4.69, 9.17) is 0 Å². The van der Waals surface area contributed by atoms with Gasteiger partial charge >= 0.3 is 0 Å². The summed E-state index contributed by atoms with van der Waals surface area (Å²) >= 11 is 0. The highest BCUT2D eigenvalue weighted by molar-refractivity contribution is 7.00. The third-order valence-electron chi connectivity index (χ3n) is 27.4. The third kappa shape index (κ3) is 13.6. The number of fused-ring (bicyclic) bond motifs is 13. The zero-order valence-corrected chi connectivity index (χ0v) is 77.4. The number of aromatic nitrogens is 2. The average molecular weight is 1620 g/mol. The van der Waals surface area contributed by atoms with E-state index in [1.807, 2.05) is 0 Å². The van der Waals surface area contributed by atoms with Crippen LogP contribution in [0.1, 0.15) is 239 Å². The van der Waals surface area contributed by atoms with Crippen molar-refractivity contribution in [2.24, 2.45) is 0 Å². The molecular formula is C118H118BN5. The van der Waals surface area contributed by atoms with E-state index in [0.29, 0.717) is 5.56 Å². The van der Waals surface area contributed by atoms with E-state index in [0.717, 1.165) is 112 Å². The van der Waals surface area contributed by atoms with Gasteiger partial charge in [0.1, 0.15) is 11.6 Å². The number of hydrogen-bond donors (Lipinski definition) is 0. The molecule has 4 heterocycles. The van der Waals surface area contributed by atoms with Crippen molar-refractivity contribution in [2.45, 2.75) is 215 Å². The Morgan fingerprint density at radius 2 is 0.661 bits per heavy atom. The van der Waals surface area contributed by atoms with Crippen molar-refractivity contribution in [1.29, 1.82) is 5.26 Å². The van der Waals surface area contributed by atoms with Gasteiger partial charge in [-0.2, -0.15) is 5.26 Å². The highest BCUT2D eigenvalue weighted by Crippen LogP contribution is 2.58. The number of para-hydroxylation sites is 1. The SMILES string of the molecule is CC(C)(C)c1cc(-c2ccc3c(c2)N(c2cccc(-n4c5ccc(C(C)(C)C)cc5c5cc(C(C)(C)C)ccc54)c2C#N)c2cc(C4c5ccc(C(C)(C)C)cc5-c5cc(C(C)(C)C)ccc54)cc4c2B3c2ccc(-n3c5ccccc5c5cc(C(C)(C)C)ccc53)cc2N4c2c(-c3ccccc3)cc(C(C)(C)C)cc2-c2ccccc2)cc(C(C)(C)C)c1. The molecule has 0 N–H and O–H groups in total. The first-order valence-electron chi connectivity index (χ1n) is 45.0. The van der Waals surface area contributed by atoms with E-state index < -0.39 is 0 Å². The number of hydrogen-bond acceptors (Lipinski definition) is 3. The molecule has 3 aliphatic rings. The van der Waals surface area contributed by atoms with Gasteiger partial charge in [0.15, 0.2) is 0 Å². The lowest BCUT2D eigenvalue weighted by Gasteiger charge is -2.46. The smallest absolute Gasteiger partial charge is 0.252 e. The van der Waals surface area contributed by atoms with Crippen molar-refractivity contribution in [3.8, 4) is 62.0 Å². The summed E-state index contributed by atoms with van der Waals surface area (Å²) in [6, 6.07) is 110. The van der Waals surface area contributed by atoms with Crippen molar-refractivity contribution in [2.75, 3.05) is 9.80 Å². The zero-order chi connectivity index (χ0) is 87.5. The van der Waals surface area contributed by atoms with Crippen LogP contribution in [0, 0.1) is 11.3 Å². The summed E-state index contributed by atoms with van der Waals surface area (Å²) in [6.07, 6.45) is 0. The van der Waals surface area contributed by atoms with Crippen LogP contribution in [0.15, 0.2) is 273 Å². The molecule has 2 aromatic heterocycles. The second kappa shape index (κ2) is 28.4. The van der Waals surface area contributed by atoms with E-state index in [9.17, 15) is 5.26 Å². The molecule has 14 aromatic carbocycles. The van der Waals surface area contributed by atoms with Crippen LogP contribution in [0.2, 0.25) is 0 Å². The summed E-state index contributed by atoms with van der Waals surface area (Å²) in [7, 11) is 0. The normalized spacial score (nSPS) is 13.9. The topological polar surface area (TPSA) is 40.1 Å². The molecule has 0 spiro atoms. The van der Waals surface area contributed by atoms with Crippen molar-refractivity contribution in [1.82, 2.24) is 9.13 Å². The summed E-state index contributed by atoms with van der Waals surface area (Å²) in [5.41, 5.74) is 38.7. The maximum absolute atomic E-state index is 13.0. The molecule has 2 aliphatic heterocycles. The third-order valence-corrected chi connectivity index (χ3v) is 27.4.